The molecule has 0 aliphatic carbocycles. The van der Waals surface area contributed by atoms with E-state index in [4.69, 9.17) is 4.74 Å². The van der Waals surface area contributed by atoms with Gasteiger partial charge in [-0.3, -0.25) is 14.0 Å². The number of fused-ring (bicyclic) bond motifs is 1. The molecule has 0 bridgehead atoms. The molecule has 4 rings (SSSR count). The SMILES string of the molecule is COc1cc(C(F)(F)F)ccc1-c1nccc2cc([SH](C)(=O)/N=C3/NC(=O)CS3)ccc12. The number of benzene rings is 2. The van der Waals surface area contributed by atoms with Crippen molar-refractivity contribution in [2.24, 2.45) is 4.40 Å². The Hall–Kier alpha value is -2.92. The summed E-state index contributed by atoms with van der Waals surface area (Å²) < 4.78 is 61.9. The molecule has 11 heteroatoms. The number of ether oxygens (including phenoxy) is 1. The third-order valence-corrected chi connectivity index (χ3v) is 7.71. The molecule has 2 heterocycles. The second kappa shape index (κ2) is 8.21. The monoisotopic (exact) mass is 481 g/mol. The lowest BCUT2D eigenvalue weighted by Crippen LogP contribution is -2.22. The topological polar surface area (TPSA) is 80.7 Å². The molecule has 3 aromatic rings. The zero-order chi connectivity index (χ0) is 23.1. The van der Waals surface area contributed by atoms with Crippen molar-refractivity contribution in [3.63, 3.8) is 0 Å². The van der Waals surface area contributed by atoms with E-state index >= 15 is 0 Å². The summed E-state index contributed by atoms with van der Waals surface area (Å²) in [5, 5.41) is 4.25. The Morgan fingerprint density at radius 1 is 1.19 bits per heavy atom. The number of thioether (sulfide) groups is 1. The van der Waals surface area contributed by atoms with Crippen LogP contribution in [0.5, 0.6) is 5.75 Å². The molecule has 1 aliphatic heterocycles. The molecule has 0 saturated carbocycles. The summed E-state index contributed by atoms with van der Waals surface area (Å²) in [6, 6.07) is 10.0. The van der Waals surface area contributed by atoms with E-state index in [1.807, 2.05) is 0 Å². The molecule has 1 fully saturated rings. The van der Waals surface area contributed by atoms with Crippen LogP contribution < -0.4 is 10.1 Å². The summed E-state index contributed by atoms with van der Waals surface area (Å²) in [6.07, 6.45) is -1.46. The van der Waals surface area contributed by atoms with Gasteiger partial charge in [0.05, 0.1) is 24.1 Å². The molecule has 0 unspecified atom stereocenters. The number of halogens is 3. The number of carbonyl (C=O) groups is 1. The molecule has 1 N–H and O–H groups in total. The zero-order valence-corrected chi connectivity index (χ0v) is 18.6. The Balaban J connectivity index is 1.78. The predicted octanol–water partition coefficient (Wildman–Crippen LogP) is 4.07. The van der Waals surface area contributed by atoms with Crippen molar-refractivity contribution in [3.05, 3.63) is 54.2 Å². The van der Waals surface area contributed by atoms with Crippen LogP contribution in [0.15, 0.2) is 58.0 Å². The Morgan fingerprint density at radius 2 is 1.97 bits per heavy atom. The van der Waals surface area contributed by atoms with Crippen molar-refractivity contribution in [3.8, 4) is 17.0 Å². The molecule has 6 nitrogen and oxygen atoms in total. The molecule has 168 valence electrons. The van der Waals surface area contributed by atoms with E-state index in [1.165, 1.54) is 37.4 Å². The van der Waals surface area contributed by atoms with Crippen LogP contribution >= 0.6 is 11.8 Å². The van der Waals surface area contributed by atoms with Crippen LogP contribution in [-0.4, -0.2) is 39.4 Å². The molecule has 1 aliphatic rings. The molecule has 1 amide bonds. The maximum Gasteiger partial charge on any atom is 0.416 e. The first-order valence-corrected chi connectivity index (χ1v) is 12.4. The van der Waals surface area contributed by atoms with Gasteiger partial charge in [0.1, 0.15) is 5.75 Å². The van der Waals surface area contributed by atoms with Gasteiger partial charge in [0.15, 0.2) is 5.17 Å². The molecule has 0 spiro atoms. The fourth-order valence-corrected chi connectivity index (χ4v) is 5.78. The molecule has 32 heavy (non-hydrogen) atoms. The first-order chi connectivity index (χ1) is 15.1. The average Bonchev–Trinajstić information content (AvgIpc) is 3.15. The highest BCUT2D eigenvalue weighted by atomic mass is 32.3. The molecule has 1 aromatic heterocycles. The number of amides is 1. The van der Waals surface area contributed by atoms with Gasteiger partial charge in [0.25, 0.3) is 0 Å². The molecule has 2 aromatic carbocycles. The normalized spacial score (nSPS) is 16.4. The van der Waals surface area contributed by atoms with E-state index in [1.54, 1.807) is 24.3 Å². The van der Waals surface area contributed by atoms with Crippen LogP contribution in [0.1, 0.15) is 5.56 Å². The lowest BCUT2D eigenvalue weighted by molar-refractivity contribution is -0.137. The standard InChI is InChI=1S/C21H18F3N3O3S2/c1-30-17-10-13(21(22,23)24)3-5-16(17)19-15-6-4-14(9-12(15)7-8-25-19)32(2,29)27-20-26-18(28)11-31-20/h3-10,32H,11H2,1-2H3,(H,26,27,28,29). The van der Waals surface area contributed by atoms with E-state index in [0.29, 0.717) is 32.1 Å². The predicted molar refractivity (Wildman–Crippen MR) is 120 cm³/mol. The number of rotatable bonds is 4. The highest BCUT2D eigenvalue weighted by molar-refractivity contribution is 8.16. The summed E-state index contributed by atoms with van der Waals surface area (Å²) >= 11 is 1.20. The quantitative estimate of drug-likeness (QED) is 0.550. The van der Waals surface area contributed by atoms with Gasteiger partial charge in [-0.25, -0.2) is 0 Å². The number of methoxy groups -OCH3 is 1. The summed E-state index contributed by atoms with van der Waals surface area (Å²) in [6.45, 7) is 0. The van der Waals surface area contributed by atoms with Crippen LogP contribution in [0.3, 0.4) is 0 Å². The van der Waals surface area contributed by atoms with Gasteiger partial charge < -0.3 is 10.1 Å². The highest BCUT2D eigenvalue weighted by Gasteiger charge is 2.31. The zero-order valence-electron chi connectivity index (χ0n) is 16.9. The Labute approximate surface area is 186 Å². The van der Waals surface area contributed by atoms with E-state index in [2.05, 4.69) is 14.7 Å². The third kappa shape index (κ3) is 4.35. The molecular formula is C21H18F3N3O3S2. The maximum atomic E-state index is 13.2. The summed E-state index contributed by atoms with van der Waals surface area (Å²) in [5.74, 6) is 0.0968. The van der Waals surface area contributed by atoms with Crippen LogP contribution in [0.25, 0.3) is 22.0 Å². The van der Waals surface area contributed by atoms with Crippen molar-refractivity contribution < 1.29 is 26.9 Å². The van der Waals surface area contributed by atoms with Gasteiger partial charge in [0.2, 0.25) is 5.91 Å². The van der Waals surface area contributed by atoms with Crippen LogP contribution in [0, 0.1) is 0 Å². The van der Waals surface area contributed by atoms with Crippen molar-refractivity contribution in [1.82, 2.24) is 10.3 Å². The second-order valence-electron chi connectivity index (χ2n) is 7.10. The van der Waals surface area contributed by atoms with E-state index in [-0.39, 0.29) is 17.4 Å². The summed E-state index contributed by atoms with van der Waals surface area (Å²) in [4.78, 5) is 16.2. The lowest BCUT2D eigenvalue weighted by Gasteiger charge is -2.17. The lowest BCUT2D eigenvalue weighted by atomic mass is 10.0. The Kier molecular flexibility index (Phi) is 5.72. The number of nitrogens with zero attached hydrogens (tertiary/aromatic N) is 2. The van der Waals surface area contributed by atoms with Gasteiger partial charge in [-0.2, -0.15) is 17.6 Å². The number of amidine groups is 1. The molecular weight excluding hydrogens is 463 g/mol. The number of thiol groups is 1. The minimum atomic E-state index is -4.49. The van der Waals surface area contributed by atoms with Gasteiger partial charge in [-0.1, -0.05) is 17.8 Å². The number of pyridine rings is 1. The first kappa shape index (κ1) is 22.3. The maximum absolute atomic E-state index is 13.2. The third-order valence-electron chi connectivity index (χ3n) is 4.88. The number of hydrogen-bond acceptors (Lipinski definition) is 5. The number of hydrogen-bond donors (Lipinski definition) is 2. The van der Waals surface area contributed by atoms with Gasteiger partial charge in [0, 0.05) is 38.4 Å². The molecule has 0 atom stereocenters. The summed E-state index contributed by atoms with van der Waals surface area (Å²) in [7, 11) is -1.87. The van der Waals surface area contributed by atoms with Crippen LogP contribution in [0.4, 0.5) is 13.2 Å². The van der Waals surface area contributed by atoms with Gasteiger partial charge in [-0.15, -0.1) is 0 Å². The number of carbonyl (C=O) groups excluding carboxylic acids is 1. The van der Waals surface area contributed by atoms with Crippen LogP contribution in [0.2, 0.25) is 0 Å². The fraction of sp³-hybridized carbons (Fsp3) is 0.190. The number of aromatic nitrogens is 1. The summed E-state index contributed by atoms with van der Waals surface area (Å²) in [5.41, 5.74) is 0.0304. The van der Waals surface area contributed by atoms with Crippen molar-refractivity contribution in [2.75, 3.05) is 19.1 Å². The molecule has 0 radical (unpaired) electrons. The van der Waals surface area contributed by atoms with Crippen LogP contribution in [-0.2, 0) is 21.1 Å². The minimum Gasteiger partial charge on any atom is -0.496 e. The van der Waals surface area contributed by atoms with Crippen molar-refractivity contribution >= 4 is 43.7 Å². The van der Waals surface area contributed by atoms with E-state index in [0.717, 1.165) is 12.1 Å². The van der Waals surface area contributed by atoms with E-state index in [9.17, 15) is 22.2 Å². The van der Waals surface area contributed by atoms with E-state index < -0.39 is 21.9 Å². The highest BCUT2D eigenvalue weighted by Crippen LogP contribution is 2.39. The largest absolute Gasteiger partial charge is 0.496 e. The fourth-order valence-electron chi connectivity index (χ4n) is 3.31. The number of nitrogens with one attached hydrogen (secondary N) is 1. The van der Waals surface area contributed by atoms with Crippen molar-refractivity contribution in [1.29, 1.82) is 0 Å². The van der Waals surface area contributed by atoms with Gasteiger partial charge >= 0.3 is 6.18 Å². The van der Waals surface area contributed by atoms with Gasteiger partial charge in [-0.05, 0) is 41.8 Å². The minimum absolute atomic E-state index is 0.0467. The first-order valence-electron chi connectivity index (χ1n) is 9.34. The Bertz CT molecular complexity index is 1310. The number of alkyl halides is 3. The average molecular weight is 482 g/mol. The Morgan fingerprint density at radius 3 is 2.62 bits per heavy atom. The second-order valence-corrected chi connectivity index (χ2v) is 10.5. The molecule has 1 saturated heterocycles. The smallest absolute Gasteiger partial charge is 0.416 e. The van der Waals surface area contributed by atoms with Crippen molar-refractivity contribution in [2.45, 2.75) is 11.1 Å².